The van der Waals surface area contributed by atoms with Crippen molar-refractivity contribution in [2.75, 3.05) is 6.61 Å². The lowest BCUT2D eigenvalue weighted by atomic mass is 10.1. The predicted molar refractivity (Wildman–Crippen MR) is 33.2 cm³/mol. The highest BCUT2D eigenvalue weighted by Crippen LogP contribution is 2.43. The van der Waals surface area contributed by atoms with Gasteiger partial charge in [0.15, 0.2) is 0 Å². The molecule has 0 bridgehead atoms. The fourth-order valence-electron chi connectivity index (χ4n) is 1.45. The van der Waals surface area contributed by atoms with Gasteiger partial charge in [0, 0.05) is 6.61 Å². The van der Waals surface area contributed by atoms with Crippen LogP contribution in [0.5, 0.6) is 0 Å². The summed E-state index contributed by atoms with van der Waals surface area (Å²) in [6, 6.07) is 0. The average Bonchev–Trinajstić information content (AvgIpc) is 2.46. The minimum atomic E-state index is -0.392. The summed E-state index contributed by atoms with van der Waals surface area (Å²) in [5.74, 6) is 0. The fraction of sp³-hybridized carbons (Fsp3) is 1.00. The number of hydrogen-bond acceptors (Lipinski definition) is 2. The summed E-state index contributed by atoms with van der Waals surface area (Å²) in [4.78, 5) is 0. The van der Waals surface area contributed by atoms with Crippen LogP contribution in [0.4, 0.5) is 0 Å². The monoisotopic (exact) mass is 128 g/mol. The van der Waals surface area contributed by atoms with Crippen LogP contribution < -0.4 is 0 Å². The summed E-state index contributed by atoms with van der Waals surface area (Å²) in [6.45, 7) is 0.854. The van der Waals surface area contributed by atoms with Crippen LogP contribution in [-0.4, -0.2) is 23.4 Å². The van der Waals surface area contributed by atoms with Crippen LogP contribution in [0.3, 0.4) is 0 Å². The third-order valence-corrected chi connectivity index (χ3v) is 2.29. The van der Waals surface area contributed by atoms with E-state index in [1.54, 1.807) is 0 Å². The first-order valence-electron chi connectivity index (χ1n) is 3.65. The standard InChI is InChI=1S/C7H12O2/c8-7(3-4-7)6-2-1-5-9-6/h6,8H,1-5H2. The Morgan fingerprint density at radius 2 is 2.22 bits per heavy atom. The van der Waals surface area contributed by atoms with E-state index in [0.717, 1.165) is 32.3 Å². The van der Waals surface area contributed by atoms with Crippen molar-refractivity contribution in [1.29, 1.82) is 0 Å². The van der Waals surface area contributed by atoms with Crippen molar-refractivity contribution in [3.8, 4) is 0 Å². The number of ether oxygens (including phenoxy) is 1. The first-order valence-corrected chi connectivity index (χ1v) is 3.65. The second kappa shape index (κ2) is 1.70. The van der Waals surface area contributed by atoms with Crippen molar-refractivity contribution in [3.63, 3.8) is 0 Å². The molecule has 1 aliphatic heterocycles. The molecule has 9 heavy (non-hydrogen) atoms. The second-order valence-electron chi connectivity index (χ2n) is 3.11. The maximum atomic E-state index is 9.50. The van der Waals surface area contributed by atoms with Crippen LogP contribution in [0, 0.1) is 0 Å². The molecule has 2 rings (SSSR count). The van der Waals surface area contributed by atoms with Crippen molar-refractivity contribution in [1.82, 2.24) is 0 Å². The molecule has 1 N–H and O–H groups in total. The number of rotatable bonds is 1. The molecule has 0 radical (unpaired) electrons. The quantitative estimate of drug-likeness (QED) is 0.563. The normalized spacial score (nSPS) is 39.0. The SMILES string of the molecule is OC1(C2CCCO2)CC1. The molecule has 0 spiro atoms. The number of hydrogen-bond donors (Lipinski definition) is 1. The van der Waals surface area contributed by atoms with Gasteiger partial charge in [0.05, 0.1) is 11.7 Å². The molecule has 1 saturated heterocycles. The van der Waals surface area contributed by atoms with Crippen LogP contribution in [-0.2, 0) is 4.74 Å². The Balaban J connectivity index is 1.97. The van der Waals surface area contributed by atoms with E-state index < -0.39 is 5.60 Å². The van der Waals surface area contributed by atoms with Crippen LogP contribution in [0.2, 0.25) is 0 Å². The summed E-state index contributed by atoms with van der Waals surface area (Å²) in [5.41, 5.74) is -0.392. The Labute approximate surface area is 54.8 Å². The van der Waals surface area contributed by atoms with Gasteiger partial charge in [0.2, 0.25) is 0 Å². The summed E-state index contributed by atoms with van der Waals surface area (Å²) >= 11 is 0. The summed E-state index contributed by atoms with van der Waals surface area (Å²) < 4.78 is 5.33. The lowest BCUT2D eigenvalue weighted by Crippen LogP contribution is -2.26. The Hall–Kier alpha value is -0.0800. The molecule has 2 fully saturated rings. The van der Waals surface area contributed by atoms with Crippen molar-refractivity contribution >= 4 is 0 Å². The molecule has 0 aromatic rings. The van der Waals surface area contributed by atoms with Gasteiger partial charge in [-0.3, -0.25) is 0 Å². The Morgan fingerprint density at radius 1 is 1.44 bits per heavy atom. The Bertz CT molecular complexity index is 112. The molecule has 2 aliphatic rings. The van der Waals surface area contributed by atoms with Crippen molar-refractivity contribution in [2.24, 2.45) is 0 Å². The Morgan fingerprint density at radius 3 is 2.67 bits per heavy atom. The first kappa shape index (κ1) is 5.69. The highest BCUT2D eigenvalue weighted by atomic mass is 16.5. The van der Waals surface area contributed by atoms with E-state index >= 15 is 0 Å². The average molecular weight is 128 g/mol. The van der Waals surface area contributed by atoms with E-state index in [4.69, 9.17) is 4.74 Å². The Kier molecular flexibility index (Phi) is 1.08. The van der Waals surface area contributed by atoms with E-state index in [9.17, 15) is 5.11 Å². The zero-order valence-corrected chi connectivity index (χ0v) is 5.47. The minimum Gasteiger partial charge on any atom is -0.387 e. The minimum absolute atomic E-state index is 0.178. The molecule has 1 unspecified atom stereocenters. The van der Waals surface area contributed by atoms with Crippen molar-refractivity contribution < 1.29 is 9.84 Å². The van der Waals surface area contributed by atoms with E-state index in [1.165, 1.54) is 0 Å². The zero-order valence-electron chi connectivity index (χ0n) is 5.47. The third kappa shape index (κ3) is 0.864. The van der Waals surface area contributed by atoms with Gasteiger partial charge in [-0.05, 0) is 25.7 Å². The largest absolute Gasteiger partial charge is 0.387 e. The summed E-state index contributed by atoms with van der Waals surface area (Å²) in [6.07, 6.45) is 4.29. The fourth-order valence-corrected chi connectivity index (χ4v) is 1.45. The summed E-state index contributed by atoms with van der Waals surface area (Å²) in [7, 11) is 0. The van der Waals surface area contributed by atoms with Gasteiger partial charge < -0.3 is 9.84 Å². The van der Waals surface area contributed by atoms with Gasteiger partial charge >= 0.3 is 0 Å². The summed E-state index contributed by atoms with van der Waals surface area (Å²) in [5, 5.41) is 9.50. The first-order chi connectivity index (χ1) is 4.31. The topological polar surface area (TPSA) is 29.5 Å². The van der Waals surface area contributed by atoms with Gasteiger partial charge in [0.25, 0.3) is 0 Å². The molecule has 0 aromatic heterocycles. The molecule has 2 nitrogen and oxygen atoms in total. The molecule has 52 valence electrons. The molecule has 1 heterocycles. The smallest absolute Gasteiger partial charge is 0.0910 e. The van der Waals surface area contributed by atoms with E-state index in [-0.39, 0.29) is 6.10 Å². The van der Waals surface area contributed by atoms with Gasteiger partial charge in [0.1, 0.15) is 0 Å². The lowest BCUT2D eigenvalue weighted by Gasteiger charge is -2.14. The maximum absolute atomic E-state index is 9.50. The van der Waals surface area contributed by atoms with Crippen LogP contribution in [0.15, 0.2) is 0 Å². The van der Waals surface area contributed by atoms with E-state index in [0.29, 0.717) is 0 Å². The van der Waals surface area contributed by atoms with Crippen LogP contribution >= 0.6 is 0 Å². The third-order valence-electron chi connectivity index (χ3n) is 2.29. The predicted octanol–water partition coefficient (Wildman–Crippen LogP) is 0.690. The van der Waals surface area contributed by atoms with Crippen molar-refractivity contribution in [2.45, 2.75) is 37.4 Å². The zero-order chi connectivity index (χ0) is 6.32. The maximum Gasteiger partial charge on any atom is 0.0910 e. The molecule has 0 aromatic carbocycles. The van der Waals surface area contributed by atoms with Crippen LogP contribution in [0.25, 0.3) is 0 Å². The molecular formula is C7H12O2. The van der Waals surface area contributed by atoms with Gasteiger partial charge in [-0.2, -0.15) is 0 Å². The van der Waals surface area contributed by atoms with Gasteiger partial charge in [-0.1, -0.05) is 0 Å². The van der Waals surface area contributed by atoms with Gasteiger partial charge in [-0.25, -0.2) is 0 Å². The second-order valence-corrected chi connectivity index (χ2v) is 3.11. The highest BCUT2D eigenvalue weighted by Gasteiger charge is 2.49. The molecule has 1 aliphatic carbocycles. The molecule has 0 amide bonds. The van der Waals surface area contributed by atoms with E-state index in [2.05, 4.69) is 0 Å². The molecular weight excluding hydrogens is 116 g/mol. The molecule has 2 heteroatoms. The van der Waals surface area contributed by atoms with E-state index in [1.807, 2.05) is 0 Å². The number of aliphatic hydroxyl groups is 1. The molecule has 1 saturated carbocycles. The van der Waals surface area contributed by atoms with Crippen LogP contribution in [0.1, 0.15) is 25.7 Å². The van der Waals surface area contributed by atoms with Crippen molar-refractivity contribution in [3.05, 3.63) is 0 Å². The highest BCUT2D eigenvalue weighted by molar-refractivity contribution is 5.01. The van der Waals surface area contributed by atoms with Gasteiger partial charge in [-0.15, -0.1) is 0 Å². The lowest BCUT2D eigenvalue weighted by molar-refractivity contribution is -0.0184. The molecule has 1 atom stereocenters.